The summed E-state index contributed by atoms with van der Waals surface area (Å²) in [6.07, 6.45) is 2.54. The lowest BCUT2D eigenvalue weighted by atomic mass is 10.3. The van der Waals surface area contributed by atoms with Crippen LogP contribution in [-0.4, -0.2) is 33.2 Å². The molecule has 0 aliphatic heterocycles. The lowest BCUT2D eigenvalue weighted by Gasteiger charge is -2.19. The molecule has 2 N–H and O–H groups in total. The SMILES string of the molecule is CCN(Cn1nc(Nc2cccc(NC(C)=O)c2)sc1=S)C1CC1. The van der Waals surface area contributed by atoms with E-state index >= 15 is 0 Å². The fourth-order valence-electron chi connectivity index (χ4n) is 2.53. The Labute approximate surface area is 150 Å². The first-order chi connectivity index (χ1) is 11.5. The predicted octanol–water partition coefficient (Wildman–Crippen LogP) is 3.82. The highest BCUT2D eigenvalue weighted by molar-refractivity contribution is 7.73. The van der Waals surface area contributed by atoms with Gasteiger partial charge >= 0.3 is 0 Å². The number of benzene rings is 1. The zero-order valence-corrected chi connectivity index (χ0v) is 15.4. The van der Waals surface area contributed by atoms with Crippen LogP contribution in [0.5, 0.6) is 0 Å². The van der Waals surface area contributed by atoms with Crippen LogP contribution in [0.1, 0.15) is 26.7 Å². The van der Waals surface area contributed by atoms with Gasteiger partial charge in [-0.1, -0.05) is 24.3 Å². The van der Waals surface area contributed by atoms with Crippen LogP contribution in [0.4, 0.5) is 16.5 Å². The Bertz CT molecular complexity index is 781. The van der Waals surface area contributed by atoms with Crippen LogP contribution < -0.4 is 10.6 Å². The van der Waals surface area contributed by atoms with Crippen molar-refractivity contribution >= 4 is 46.0 Å². The summed E-state index contributed by atoms with van der Waals surface area (Å²) in [6.45, 7) is 5.41. The molecule has 24 heavy (non-hydrogen) atoms. The topological polar surface area (TPSA) is 62.2 Å². The molecule has 1 heterocycles. The number of nitrogens with one attached hydrogen (secondary N) is 2. The summed E-state index contributed by atoms with van der Waals surface area (Å²) in [6, 6.07) is 8.23. The number of hydrogen-bond donors (Lipinski definition) is 2. The van der Waals surface area contributed by atoms with E-state index in [1.165, 1.54) is 31.1 Å². The van der Waals surface area contributed by atoms with E-state index in [0.29, 0.717) is 6.04 Å². The van der Waals surface area contributed by atoms with Crippen LogP contribution in [0.15, 0.2) is 24.3 Å². The predicted molar refractivity (Wildman–Crippen MR) is 100 cm³/mol. The molecule has 0 atom stereocenters. The van der Waals surface area contributed by atoms with Crippen LogP contribution in [0, 0.1) is 3.95 Å². The van der Waals surface area contributed by atoms with Crippen molar-refractivity contribution in [2.75, 3.05) is 17.2 Å². The van der Waals surface area contributed by atoms with Crippen LogP contribution in [-0.2, 0) is 11.5 Å². The van der Waals surface area contributed by atoms with Gasteiger partial charge in [-0.3, -0.25) is 9.69 Å². The molecule has 128 valence electrons. The van der Waals surface area contributed by atoms with Crippen molar-refractivity contribution in [3.05, 3.63) is 28.2 Å². The summed E-state index contributed by atoms with van der Waals surface area (Å²) >= 11 is 6.90. The summed E-state index contributed by atoms with van der Waals surface area (Å²) in [5, 5.41) is 11.4. The average Bonchev–Trinajstić information content (AvgIpc) is 3.30. The molecule has 0 saturated heterocycles. The fourth-order valence-corrected chi connectivity index (χ4v) is 3.55. The van der Waals surface area contributed by atoms with Crippen molar-refractivity contribution in [1.29, 1.82) is 0 Å². The molecule has 8 heteroatoms. The second-order valence-corrected chi connectivity index (χ2v) is 7.46. The van der Waals surface area contributed by atoms with E-state index in [1.54, 1.807) is 0 Å². The summed E-state index contributed by atoms with van der Waals surface area (Å²) in [7, 11) is 0. The molecule has 6 nitrogen and oxygen atoms in total. The minimum absolute atomic E-state index is 0.0909. The molecule has 1 aromatic carbocycles. The Morgan fingerprint density at radius 2 is 2.21 bits per heavy atom. The number of aromatic nitrogens is 2. The van der Waals surface area contributed by atoms with Crippen molar-refractivity contribution < 1.29 is 4.79 Å². The monoisotopic (exact) mass is 363 g/mol. The zero-order valence-electron chi connectivity index (χ0n) is 13.8. The number of nitrogens with zero attached hydrogens (tertiary/aromatic N) is 3. The number of carbonyl (C=O) groups is 1. The Morgan fingerprint density at radius 3 is 2.88 bits per heavy atom. The average molecular weight is 364 g/mol. The Kier molecular flexibility index (Phi) is 5.27. The van der Waals surface area contributed by atoms with Gasteiger partial charge in [0.15, 0.2) is 3.95 Å². The maximum atomic E-state index is 11.2. The quantitative estimate of drug-likeness (QED) is 0.732. The van der Waals surface area contributed by atoms with Gasteiger partial charge in [0.05, 0.1) is 6.67 Å². The van der Waals surface area contributed by atoms with Gasteiger partial charge in [-0.25, -0.2) is 4.68 Å². The largest absolute Gasteiger partial charge is 0.330 e. The summed E-state index contributed by atoms with van der Waals surface area (Å²) in [4.78, 5) is 13.6. The van der Waals surface area contributed by atoms with Crippen LogP contribution in [0.3, 0.4) is 0 Å². The first-order valence-corrected chi connectivity index (χ1v) is 9.24. The van der Waals surface area contributed by atoms with Crippen molar-refractivity contribution in [2.24, 2.45) is 0 Å². The molecule has 1 aromatic heterocycles. The molecule has 0 bridgehead atoms. The summed E-state index contributed by atoms with van der Waals surface area (Å²) in [5.41, 5.74) is 1.62. The van der Waals surface area contributed by atoms with Crippen molar-refractivity contribution in [3.63, 3.8) is 0 Å². The molecule has 0 unspecified atom stereocenters. The van der Waals surface area contributed by atoms with Crippen molar-refractivity contribution in [3.8, 4) is 0 Å². The molecule has 1 fully saturated rings. The number of anilines is 3. The maximum Gasteiger partial charge on any atom is 0.221 e. The third-order valence-electron chi connectivity index (χ3n) is 3.83. The smallest absolute Gasteiger partial charge is 0.221 e. The third-order valence-corrected chi connectivity index (χ3v) is 5.05. The maximum absolute atomic E-state index is 11.2. The van der Waals surface area contributed by atoms with Gasteiger partial charge in [0.2, 0.25) is 11.0 Å². The van der Waals surface area contributed by atoms with Crippen LogP contribution >= 0.6 is 23.6 Å². The highest BCUT2D eigenvalue weighted by Gasteiger charge is 2.28. The zero-order chi connectivity index (χ0) is 17.1. The van der Waals surface area contributed by atoms with Crippen LogP contribution in [0.2, 0.25) is 0 Å². The van der Waals surface area contributed by atoms with Gasteiger partial charge in [-0.2, -0.15) is 0 Å². The third kappa shape index (κ3) is 4.40. The lowest BCUT2D eigenvalue weighted by Crippen LogP contribution is -2.28. The first kappa shape index (κ1) is 17.1. The highest BCUT2D eigenvalue weighted by atomic mass is 32.1. The summed E-state index contributed by atoms with van der Waals surface area (Å²) in [5.74, 6) is -0.0909. The Morgan fingerprint density at radius 1 is 1.46 bits per heavy atom. The summed E-state index contributed by atoms with van der Waals surface area (Å²) < 4.78 is 2.64. The molecule has 0 radical (unpaired) electrons. The lowest BCUT2D eigenvalue weighted by molar-refractivity contribution is -0.114. The minimum Gasteiger partial charge on any atom is -0.330 e. The molecule has 1 amide bonds. The number of hydrogen-bond acceptors (Lipinski definition) is 6. The van der Waals surface area contributed by atoms with E-state index < -0.39 is 0 Å². The number of amides is 1. The van der Waals surface area contributed by atoms with Gasteiger partial charge in [-0.05, 0) is 49.8 Å². The molecular formula is C16H21N5OS2. The van der Waals surface area contributed by atoms with Gasteiger partial charge in [0.25, 0.3) is 0 Å². The second kappa shape index (κ2) is 7.42. The second-order valence-electron chi connectivity index (χ2n) is 5.84. The normalized spacial score (nSPS) is 14.0. The van der Waals surface area contributed by atoms with E-state index in [0.717, 1.165) is 33.7 Å². The van der Waals surface area contributed by atoms with Crippen LogP contribution in [0.25, 0.3) is 0 Å². The fraction of sp³-hybridized carbons (Fsp3) is 0.438. The number of rotatable bonds is 7. The number of carbonyl (C=O) groups excluding carboxylic acids is 1. The molecule has 2 aromatic rings. The standard InChI is InChI=1S/C16H21N5OS2/c1-3-20(14-7-8-14)10-21-16(23)24-15(19-21)18-13-6-4-5-12(9-13)17-11(2)22/h4-6,9,14H,3,7-8,10H2,1-2H3,(H,17,22)(H,18,19). The molecular weight excluding hydrogens is 342 g/mol. The van der Waals surface area contributed by atoms with E-state index in [2.05, 4.69) is 27.6 Å². The van der Waals surface area contributed by atoms with Gasteiger partial charge < -0.3 is 10.6 Å². The van der Waals surface area contributed by atoms with E-state index in [1.807, 2.05) is 28.9 Å². The Balaban J connectivity index is 1.70. The van der Waals surface area contributed by atoms with Gasteiger partial charge in [0, 0.05) is 24.3 Å². The first-order valence-electron chi connectivity index (χ1n) is 8.02. The van der Waals surface area contributed by atoms with Crippen molar-refractivity contribution in [1.82, 2.24) is 14.7 Å². The van der Waals surface area contributed by atoms with Gasteiger partial charge in [0.1, 0.15) is 0 Å². The van der Waals surface area contributed by atoms with E-state index in [-0.39, 0.29) is 5.91 Å². The molecule has 1 aliphatic rings. The molecule has 1 aliphatic carbocycles. The molecule has 3 rings (SSSR count). The highest BCUT2D eigenvalue weighted by Crippen LogP contribution is 2.28. The van der Waals surface area contributed by atoms with Gasteiger partial charge in [-0.15, -0.1) is 5.10 Å². The molecule has 1 saturated carbocycles. The van der Waals surface area contributed by atoms with E-state index in [9.17, 15) is 4.79 Å². The minimum atomic E-state index is -0.0909. The Hall–Kier alpha value is -1.77. The molecule has 0 spiro atoms. The van der Waals surface area contributed by atoms with E-state index in [4.69, 9.17) is 12.2 Å². The van der Waals surface area contributed by atoms with Crippen molar-refractivity contribution in [2.45, 2.75) is 39.4 Å².